The largest absolute Gasteiger partial charge is 0.447 e. The van der Waals surface area contributed by atoms with Crippen molar-refractivity contribution in [3.8, 4) is 0 Å². The zero-order valence-electron chi connectivity index (χ0n) is 13.3. The average Bonchev–Trinajstić information content (AvgIpc) is 3.25. The van der Waals surface area contributed by atoms with Crippen LogP contribution in [0.3, 0.4) is 0 Å². The third-order valence-electron chi connectivity index (χ3n) is 5.13. The van der Waals surface area contributed by atoms with Gasteiger partial charge in [-0.05, 0) is 18.4 Å². The van der Waals surface area contributed by atoms with E-state index in [-0.39, 0.29) is 5.91 Å². The number of hydrogen-bond acceptors (Lipinski definition) is 4. The number of carbonyl (C=O) groups excluding carboxylic acids is 1. The van der Waals surface area contributed by atoms with Crippen molar-refractivity contribution in [2.75, 3.05) is 13.1 Å². The molecule has 1 aliphatic carbocycles. The van der Waals surface area contributed by atoms with E-state index >= 15 is 0 Å². The van der Waals surface area contributed by atoms with Crippen LogP contribution in [0.4, 0.5) is 0 Å². The summed E-state index contributed by atoms with van der Waals surface area (Å²) in [5.74, 6) is -0.117. The molecule has 1 amide bonds. The molecule has 1 unspecified atom stereocenters. The van der Waals surface area contributed by atoms with E-state index < -0.39 is 5.60 Å². The number of nitrogens with zero attached hydrogens (tertiary/aromatic N) is 2. The van der Waals surface area contributed by atoms with E-state index in [1.54, 1.807) is 0 Å². The van der Waals surface area contributed by atoms with E-state index in [2.05, 4.69) is 27.3 Å². The molecule has 1 aromatic rings. The molecule has 3 aliphatic rings. The van der Waals surface area contributed by atoms with Gasteiger partial charge in [-0.25, -0.2) is 0 Å². The third-order valence-corrected chi connectivity index (χ3v) is 5.13. The Labute approximate surface area is 136 Å². The van der Waals surface area contributed by atoms with Crippen molar-refractivity contribution in [1.82, 2.24) is 10.2 Å². The number of nitrogens with one attached hydrogen (secondary N) is 1. The summed E-state index contributed by atoms with van der Waals surface area (Å²) >= 11 is 0. The van der Waals surface area contributed by atoms with Crippen LogP contribution in [0.1, 0.15) is 37.7 Å². The Hall–Kier alpha value is -1.88. The molecule has 5 heteroatoms. The number of aliphatic imine (C=N–C) groups is 1. The molecule has 0 aromatic heterocycles. The molecule has 1 N–H and O–H groups in total. The van der Waals surface area contributed by atoms with E-state index in [0.717, 1.165) is 32.4 Å². The highest BCUT2D eigenvalue weighted by Gasteiger charge is 2.51. The molecule has 0 bridgehead atoms. The Kier molecular flexibility index (Phi) is 3.81. The molecule has 5 nitrogen and oxygen atoms in total. The average molecular weight is 313 g/mol. The maximum Gasteiger partial charge on any atom is 0.295 e. The fraction of sp³-hybridized carbons (Fsp3) is 0.556. The fourth-order valence-electron chi connectivity index (χ4n) is 3.84. The number of rotatable bonds is 3. The van der Waals surface area contributed by atoms with Crippen molar-refractivity contribution in [2.45, 2.75) is 50.3 Å². The molecule has 4 rings (SSSR count). The summed E-state index contributed by atoms with van der Waals surface area (Å²) in [7, 11) is 0. The first-order valence-electron chi connectivity index (χ1n) is 8.58. The SMILES string of the molecule is O=C1N=C(NC2CCCC2)OC12CCN(Cc1ccccc1)C2. The van der Waals surface area contributed by atoms with Crippen LogP contribution in [0.5, 0.6) is 0 Å². The second-order valence-electron chi connectivity index (χ2n) is 6.89. The fourth-order valence-corrected chi connectivity index (χ4v) is 3.84. The zero-order chi connectivity index (χ0) is 15.7. The molecule has 2 fully saturated rings. The number of amides is 1. The molecule has 1 aromatic carbocycles. The second-order valence-corrected chi connectivity index (χ2v) is 6.89. The number of amidine groups is 1. The molecule has 1 atom stereocenters. The molecule has 23 heavy (non-hydrogen) atoms. The third kappa shape index (κ3) is 2.98. The molecule has 0 radical (unpaired) electrons. The first-order valence-corrected chi connectivity index (χ1v) is 8.58. The summed E-state index contributed by atoms with van der Waals surface area (Å²) in [5, 5.41) is 3.31. The summed E-state index contributed by atoms with van der Waals surface area (Å²) in [6, 6.07) is 11.2. The van der Waals surface area contributed by atoms with Gasteiger partial charge in [-0.3, -0.25) is 9.69 Å². The summed E-state index contributed by atoms with van der Waals surface area (Å²) in [5.41, 5.74) is 0.510. The summed E-state index contributed by atoms with van der Waals surface area (Å²) in [6.45, 7) is 2.34. The highest BCUT2D eigenvalue weighted by Crippen LogP contribution is 2.32. The van der Waals surface area contributed by atoms with Crippen molar-refractivity contribution in [3.05, 3.63) is 35.9 Å². The van der Waals surface area contributed by atoms with Gasteiger partial charge in [0.25, 0.3) is 11.9 Å². The first kappa shape index (κ1) is 14.7. The standard InChI is InChI=1S/C18H23N3O2/c22-16-18(23-17(20-16)19-15-8-4-5-9-15)10-11-21(13-18)12-14-6-2-1-3-7-14/h1-3,6-7,15H,4-5,8-13H2,(H,19,20,22). The Bertz CT molecular complexity index is 610. The molecule has 2 heterocycles. The Morgan fingerprint density at radius 2 is 2.04 bits per heavy atom. The van der Waals surface area contributed by atoms with Crippen molar-refractivity contribution >= 4 is 11.9 Å². The zero-order valence-corrected chi connectivity index (χ0v) is 13.3. The Morgan fingerprint density at radius 3 is 2.83 bits per heavy atom. The van der Waals surface area contributed by atoms with Crippen molar-refractivity contribution in [3.63, 3.8) is 0 Å². The van der Waals surface area contributed by atoms with Crippen molar-refractivity contribution < 1.29 is 9.53 Å². The topological polar surface area (TPSA) is 53.9 Å². The van der Waals surface area contributed by atoms with Gasteiger partial charge in [-0.2, -0.15) is 4.99 Å². The quantitative estimate of drug-likeness (QED) is 0.928. The number of likely N-dealkylation sites (tertiary alicyclic amines) is 1. The van der Waals surface area contributed by atoms with Crippen LogP contribution in [0.15, 0.2) is 35.3 Å². The predicted molar refractivity (Wildman–Crippen MR) is 88.0 cm³/mol. The van der Waals surface area contributed by atoms with E-state index in [9.17, 15) is 4.79 Å². The normalized spacial score (nSPS) is 28.3. The van der Waals surface area contributed by atoms with Crippen molar-refractivity contribution in [1.29, 1.82) is 0 Å². The molecule has 1 saturated carbocycles. The molecular weight excluding hydrogens is 290 g/mol. The van der Waals surface area contributed by atoms with Gasteiger partial charge in [0, 0.05) is 32.1 Å². The van der Waals surface area contributed by atoms with Gasteiger partial charge in [0.1, 0.15) is 0 Å². The Balaban J connectivity index is 1.37. The highest BCUT2D eigenvalue weighted by molar-refractivity contribution is 6.01. The van der Waals surface area contributed by atoms with Crippen LogP contribution >= 0.6 is 0 Å². The second kappa shape index (κ2) is 5.96. The number of benzene rings is 1. The summed E-state index contributed by atoms with van der Waals surface area (Å²) in [4.78, 5) is 18.8. The van der Waals surface area contributed by atoms with Gasteiger partial charge in [-0.15, -0.1) is 0 Å². The van der Waals surface area contributed by atoms with E-state index in [0.29, 0.717) is 18.6 Å². The van der Waals surface area contributed by atoms with Crippen LogP contribution in [0, 0.1) is 0 Å². The molecule has 2 aliphatic heterocycles. The summed E-state index contributed by atoms with van der Waals surface area (Å²) in [6.07, 6.45) is 5.50. The maximum atomic E-state index is 12.4. The van der Waals surface area contributed by atoms with Crippen LogP contribution in [0.2, 0.25) is 0 Å². The Morgan fingerprint density at radius 1 is 1.26 bits per heavy atom. The van der Waals surface area contributed by atoms with Gasteiger partial charge in [-0.1, -0.05) is 43.2 Å². The van der Waals surface area contributed by atoms with E-state index in [1.807, 2.05) is 18.2 Å². The van der Waals surface area contributed by atoms with E-state index in [4.69, 9.17) is 4.74 Å². The smallest absolute Gasteiger partial charge is 0.295 e. The molecule has 122 valence electrons. The van der Waals surface area contributed by atoms with Crippen LogP contribution < -0.4 is 5.32 Å². The number of hydrogen-bond donors (Lipinski definition) is 1. The van der Waals surface area contributed by atoms with Crippen LogP contribution in [-0.2, 0) is 16.1 Å². The minimum Gasteiger partial charge on any atom is -0.447 e. The predicted octanol–water partition coefficient (Wildman–Crippen LogP) is 2.08. The van der Waals surface area contributed by atoms with Gasteiger partial charge in [0.15, 0.2) is 0 Å². The number of carbonyl (C=O) groups is 1. The minimum atomic E-state index is -0.754. The van der Waals surface area contributed by atoms with Crippen molar-refractivity contribution in [2.24, 2.45) is 4.99 Å². The van der Waals surface area contributed by atoms with Gasteiger partial charge in [0.05, 0.1) is 0 Å². The maximum absolute atomic E-state index is 12.4. The molecule has 1 saturated heterocycles. The monoisotopic (exact) mass is 313 g/mol. The first-order chi connectivity index (χ1) is 11.2. The lowest BCUT2D eigenvalue weighted by atomic mass is 10.0. The molecular formula is C18H23N3O2. The lowest BCUT2D eigenvalue weighted by Gasteiger charge is -2.23. The van der Waals surface area contributed by atoms with Gasteiger partial charge < -0.3 is 10.1 Å². The summed E-state index contributed by atoms with van der Waals surface area (Å²) < 4.78 is 6.00. The van der Waals surface area contributed by atoms with Gasteiger partial charge in [0.2, 0.25) is 5.60 Å². The minimum absolute atomic E-state index is 0.117. The lowest BCUT2D eigenvalue weighted by Crippen LogP contribution is -2.43. The lowest BCUT2D eigenvalue weighted by molar-refractivity contribution is -0.129. The number of ether oxygens (including phenoxy) is 1. The van der Waals surface area contributed by atoms with Gasteiger partial charge >= 0.3 is 0 Å². The van der Waals surface area contributed by atoms with Crippen LogP contribution in [-0.4, -0.2) is 41.6 Å². The van der Waals surface area contributed by atoms with Crippen LogP contribution in [0.25, 0.3) is 0 Å². The molecule has 1 spiro atoms. The van der Waals surface area contributed by atoms with E-state index in [1.165, 1.54) is 18.4 Å². The highest BCUT2D eigenvalue weighted by atomic mass is 16.5.